The van der Waals surface area contributed by atoms with Crippen LogP contribution in [0, 0.1) is 5.41 Å². The zero-order valence-electron chi connectivity index (χ0n) is 18.0. The van der Waals surface area contributed by atoms with Gasteiger partial charge in [0.25, 0.3) is 0 Å². The molecule has 0 spiro atoms. The van der Waals surface area contributed by atoms with Crippen LogP contribution in [0.3, 0.4) is 0 Å². The molecule has 1 aliphatic carbocycles. The fraction of sp³-hybridized carbons (Fsp3) is 0.652. The van der Waals surface area contributed by atoms with E-state index in [2.05, 4.69) is 61.8 Å². The molecule has 28 heavy (non-hydrogen) atoms. The van der Waals surface area contributed by atoms with E-state index in [1.165, 1.54) is 23.1 Å². The van der Waals surface area contributed by atoms with Gasteiger partial charge in [-0.1, -0.05) is 26.0 Å². The first-order valence-electron chi connectivity index (χ1n) is 10.4. The van der Waals surface area contributed by atoms with Gasteiger partial charge in [-0.2, -0.15) is 0 Å². The predicted octanol–water partition coefficient (Wildman–Crippen LogP) is 4.13. The first-order valence-corrected chi connectivity index (χ1v) is 10.4. The second-order valence-electron chi connectivity index (χ2n) is 9.51. The molecule has 0 atom stereocenters. The molecule has 1 heterocycles. The third-order valence-electron chi connectivity index (χ3n) is 6.66. The molecule has 0 bridgehead atoms. The molecule has 0 amide bonds. The van der Waals surface area contributed by atoms with Gasteiger partial charge in [-0.15, -0.1) is 12.4 Å². The number of hydrogen-bond donors (Lipinski definition) is 2. The van der Waals surface area contributed by atoms with Gasteiger partial charge in [-0.25, -0.2) is 0 Å². The summed E-state index contributed by atoms with van der Waals surface area (Å²) in [6.07, 6.45) is 5.86. The van der Waals surface area contributed by atoms with Crippen LogP contribution in [0.25, 0.3) is 5.57 Å². The molecule has 3 rings (SSSR count). The minimum absolute atomic E-state index is 0. The van der Waals surface area contributed by atoms with Crippen molar-refractivity contribution in [3.05, 3.63) is 35.4 Å². The summed E-state index contributed by atoms with van der Waals surface area (Å²) in [7, 11) is 0. The molecule has 1 aromatic carbocycles. The minimum Gasteiger partial charge on any atom is -0.398 e. The molecule has 0 saturated carbocycles. The lowest BCUT2D eigenvalue weighted by atomic mass is 9.76. The number of nitrogen functional groups attached to an aromatic ring is 1. The maximum absolute atomic E-state index is 9.16. The number of rotatable bonds is 5. The average Bonchev–Trinajstić information content (AvgIpc) is 2.63. The second-order valence-corrected chi connectivity index (χ2v) is 9.51. The highest BCUT2D eigenvalue weighted by Gasteiger charge is 2.32. The maximum atomic E-state index is 9.16. The van der Waals surface area contributed by atoms with Crippen molar-refractivity contribution in [1.29, 1.82) is 0 Å². The van der Waals surface area contributed by atoms with Gasteiger partial charge in [0.15, 0.2) is 0 Å². The van der Waals surface area contributed by atoms with E-state index in [0.29, 0.717) is 5.41 Å². The monoisotopic (exact) mass is 407 g/mol. The molecule has 2 aliphatic rings. The molecule has 3 N–H and O–H groups in total. The first-order chi connectivity index (χ1) is 12.7. The summed E-state index contributed by atoms with van der Waals surface area (Å²) in [5.74, 6) is 0. The maximum Gasteiger partial charge on any atom is 0.0558 e. The Morgan fingerprint density at radius 3 is 2.39 bits per heavy atom. The molecule has 0 aromatic heterocycles. The average molecular weight is 408 g/mol. The number of halogens is 1. The number of nitrogens with zero attached hydrogens (tertiary/aromatic N) is 2. The second kappa shape index (κ2) is 9.17. The van der Waals surface area contributed by atoms with Crippen molar-refractivity contribution < 1.29 is 5.11 Å². The smallest absolute Gasteiger partial charge is 0.0558 e. The Labute approximate surface area is 177 Å². The number of aliphatic hydroxyl groups is 1. The van der Waals surface area contributed by atoms with Crippen LogP contribution in [-0.4, -0.2) is 54.2 Å². The van der Waals surface area contributed by atoms with E-state index in [9.17, 15) is 0 Å². The molecule has 1 aliphatic heterocycles. The minimum atomic E-state index is -0.0255. The van der Waals surface area contributed by atoms with Crippen molar-refractivity contribution in [2.24, 2.45) is 5.41 Å². The zero-order chi connectivity index (χ0) is 19.7. The summed E-state index contributed by atoms with van der Waals surface area (Å²) in [6.45, 7) is 14.5. The highest BCUT2D eigenvalue weighted by Crippen LogP contribution is 2.40. The number of β-amino-alcohol motifs (C(OH)–C–C–N with tert-alkyl or cyclic N) is 1. The molecule has 158 valence electrons. The van der Waals surface area contributed by atoms with E-state index in [-0.39, 0.29) is 24.6 Å². The predicted molar refractivity (Wildman–Crippen MR) is 122 cm³/mol. The molecule has 1 saturated heterocycles. The molecule has 5 heteroatoms. The number of piperazine rings is 1. The quantitative estimate of drug-likeness (QED) is 0.720. The van der Waals surface area contributed by atoms with Crippen LogP contribution in [0.15, 0.2) is 24.3 Å². The van der Waals surface area contributed by atoms with Crippen LogP contribution >= 0.6 is 12.4 Å². The van der Waals surface area contributed by atoms with E-state index in [1.54, 1.807) is 0 Å². The number of hydrogen-bond acceptors (Lipinski definition) is 4. The molecule has 1 aromatic rings. The van der Waals surface area contributed by atoms with Crippen LogP contribution in [0.2, 0.25) is 0 Å². The molecule has 0 radical (unpaired) electrons. The fourth-order valence-electron chi connectivity index (χ4n) is 4.39. The van der Waals surface area contributed by atoms with Crippen molar-refractivity contribution in [2.75, 3.05) is 45.1 Å². The van der Waals surface area contributed by atoms with E-state index in [4.69, 9.17) is 10.8 Å². The van der Waals surface area contributed by atoms with Crippen LogP contribution < -0.4 is 5.73 Å². The Morgan fingerprint density at radius 2 is 1.82 bits per heavy atom. The van der Waals surface area contributed by atoms with Crippen molar-refractivity contribution in [1.82, 2.24) is 9.80 Å². The fourth-order valence-corrected chi connectivity index (χ4v) is 4.39. The lowest BCUT2D eigenvalue weighted by Gasteiger charge is -2.44. The standard InChI is InChI=1S/C23H37N3O.ClH/c1-22(2)9-7-18(8-10-22)20-17-19(5-6-21(20)24)23(3,4)26-13-11-25(12-14-26)15-16-27;/h5-7,17,27H,8-16,24H2,1-4H3;1H. The van der Waals surface area contributed by atoms with Crippen molar-refractivity contribution >= 4 is 23.7 Å². The summed E-state index contributed by atoms with van der Waals surface area (Å²) < 4.78 is 0. The van der Waals surface area contributed by atoms with Crippen molar-refractivity contribution in [3.63, 3.8) is 0 Å². The van der Waals surface area contributed by atoms with Gasteiger partial charge in [0, 0.05) is 49.5 Å². The summed E-state index contributed by atoms with van der Waals surface area (Å²) in [5.41, 5.74) is 11.6. The Morgan fingerprint density at radius 1 is 1.14 bits per heavy atom. The highest BCUT2D eigenvalue weighted by atomic mass is 35.5. The van der Waals surface area contributed by atoms with Crippen LogP contribution in [0.4, 0.5) is 5.69 Å². The Kier molecular flexibility index (Phi) is 7.60. The van der Waals surface area contributed by atoms with Crippen LogP contribution in [-0.2, 0) is 5.54 Å². The van der Waals surface area contributed by atoms with Gasteiger partial charge in [-0.3, -0.25) is 9.80 Å². The molecular weight excluding hydrogens is 370 g/mol. The van der Waals surface area contributed by atoms with Gasteiger partial charge in [0.2, 0.25) is 0 Å². The molecule has 4 nitrogen and oxygen atoms in total. The third-order valence-corrected chi connectivity index (χ3v) is 6.66. The summed E-state index contributed by atoms with van der Waals surface area (Å²) in [4.78, 5) is 4.91. The number of benzene rings is 1. The van der Waals surface area contributed by atoms with Gasteiger partial charge in [-0.05, 0) is 61.8 Å². The Balaban J connectivity index is 0.00000280. The van der Waals surface area contributed by atoms with E-state index < -0.39 is 0 Å². The largest absolute Gasteiger partial charge is 0.398 e. The summed E-state index contributed by atoms with van der Waals surface area (Å²) >= 11 is 0. The third kappa shape index (κ3) is 5.10. The van der Waals surface area contributed by atoms with Gasteiger partial charge >= 0.3 is 0 Å². The summed E-state index contributed by atoms with van der Waals surface area (Å²) in [6, 6.07) is 6.63. The van der Waals surface area contributed by atoms with Crippen molar-refractivity contribution in [3.8, 4) is 0 Å². The highest BCUT2D eigenvalue weighted by molar-refractivity contribution is 5.85. The number of nitrogens with two attached hydrogens (primary N) is 1. The first kappa shape index (κ1) is 23.2. The lowest BCUT2D eigenvalue weighted by molar-refractivity contribution is 0.0439. The normalized spacial score (nSPS) is 21.1. The van der Waals surface area contributed by atoms with Crippen LogP contribution in [0.1, 0.15) is 58.1 Å². The van der Waals surface area contributed by atoms with Gasteiger partial charge < -0.3 is 10.8 Å². The van der Waals surface area contributed by atoms with Crippen molar-refractivity contribution in [2.45, 2.75) is 52.5 Å². The zero-order valence-corrected chi connectivity index (χ0v) is 18.8. The van der Waals surface area contributed by atoms with E-state index in [0.717, 1.165) is 51.3 Å². The number of aliphatic hydroxyl groups excluding tert-OH is 1. The topological polar surface area (TPSA) is 52.7 Å². The number of anilines is 1. The lowest BCUT2D eigenvalue weighted by Crippen LogP contribution is -2.53. The Hall–Kier alpha value is -1.07. The van der Waals surface area contributed by atoms with E-state index in [1.807, 2.05) is 0 Å². The molecular formula is C23H38ClN3O. The SMILES string of the molecule is CC1(C)CC=C(c2cc(C(C)(C)N3CCN(CCO)CC3)ccc2N)CC1.Cl. The molecule has 0 unspecified atom stereocenters. The number of allylic oxidation sites excluding steroid dienone is 2. The molecule has 1 fully saturated rings. The van der Waals surface area contributed by atoms with E-state index >= 15 is 0 Å². The van der Waals surface area contributed by atoms with Gasteiger partial charge in [0.1, 0.15) is 0 Å². The van der Waals surface area contributed by atoms with Gasteiger partial charge in [0.05, 0.1) is 6.61 Å². The summed E-state index contributed by atoms with van der Waals surface area (Å²) in [5, 5.41) is 9.16. The van der Waals surface area contributed by atoms with Crippen LogP contribution in [0.5, 0.6) is 0 Å². The Bertz CT molecular complexity index is 691.